The molecule has 0 amide bonds. The van der Waals surface area contributed by atoms with Gasteiger partial charge in [-0.25, -0.2) is 0 Å². The molecule has 1 N–H and O–H groups in total. The highest BCUT2D eigenvalue weighted by Crippen LogP contribution is 2.23. The van der Waals surface area contributed by atoms with Crippen molar-refractivity contribution in [3.05, 3.63) is 46.2 Å². The zero-order chi connectivity index (χ0) is 12.3. The molecule has 0 radical (unpaired) electrons. The van der Waals surface area contributed by atoms with Crippen LogP contribution in [0, 0.1) is 0 Å². The molecular weight excluding hydrogens is 280 g/mol. The second kappa shape index (κ2) is 5.42. The summed E-state index contributed by atoms with van der Waals surface area (Å²) < 4.78 is 2.88. The Labute approximate surface area is 109 Å². The third kappa shape index (κ3) is 2.73. The number of nitrogens with zero attached hydrogens (tertiary/aromatic N) is 3. The second-order valence-electron chi connectivity index (χ2n) is 3.83. The van der Waals surface area contributed by atoms with Crippen LogP contribution in [0.1, 0.15) is 24.2 Å². The van der Waals surface area contributed by atoms with Gasteiger partial charge in [-0.2, -0.15) is 0 Å². The third-order valence-electron chi connectivity index (χ3n) is 2.64. The number of halogens is 1. The molecule has 0 spiro atoms. The fourth-order valence-electron chi connectivity index (χ4n) is 1.84. The van der Waals surface area contributed by atoms with E-state index in [0.717, 1.165) is 16.7 Å². The van der Waals surface area contributed by atoms with Gasteiger partial charge in [0.1, 0.15) is 0 Å². The number of hydrogen-bond acceptors (Lipinski definition) is 3. The van der Waals surface area contributed by atoms with Gasteiger partial charge in [0.05, 0.1) is 17.9 Å². The zero-order valence-corrected chi connectivity index (χ0v) is 11.5. The van der Waals surface area contributed by atoms with Gasteiger partial charge < -0.3 is 5.32 Å². The van der Waals surface area contributed by atoms with Gasteiger partial charge in [0.15, 0.2) is 0 Å². The Balaban J connectivity index is 2.39. The highest BCUT2D eigenvalue weighted by Gasteiger charge is 2.16. The lowest BCUT2D eigenvalue weighted by atomic mass is 10.0. The molecule has 4 nitrogen and oxygen atoms in total. The molecule has 0 fully saturated rings. The molecule has 0 bridgehead atoms. The number of benzene rings is 1. The van der Waals surface area contributed by atoms with Crippen LogP contribution >= 0.6 is 15.9 Å². The highest BCUT2D eigenvalue weighted by molar-refractivity contribution is 9.10. The molecule has 1 atom stereocenters. The van der Waals surface area contributed by atoms with Gasteiger partial charge in [0, 0.05) is 11.5 Å². The Morgan fingerprint density at radius 2 is 2.29 bits per heavy atom. The molecule has 1 heterocycles. The Hall–Kier alpha value is -1.20. The van der Waals surface area contributed by atoms with Crippen LogP contribution in [-0.2, 0) is 7.05 Å². The van der Waals surface area contributed by atoms with E-state index in [9.17, 15) is 0 Å². The average Bonchev–Trinajstić information content (AvgIpc) is 2.72. The van der Waals surface area contributed by atoms with Crippen molar-refractivity contribution in [3.63, 3.8) is 0 Å². The van der Waals surface area contributed by atoms with Crippen molar-refractivity contribution in [1.82, 2.24) is 20.3 Å². The summed E-state index contributed by atoms with van der Waals surface area (Å²) in [6.45, 7) is 2.98. The maximum Gasteiger partial charge on any atom is 0.0798 e. The minimum Gasteiger partial charge on any atom is -0.305 e. The maximum atomic E-state index is 3.98. The van der Waals surface area contributed by atoms with Crippen LogP contribution in [0.3, 0.4) is 0 Å². The Morgan fingerprint density at radius 3 is 2.88 bits per heavy atom. The topological polar surface area (TPSA) is 42.7 Å². The smallest absolute Gasteiger partial charge is 0.0798 e. The van der Waals surface area contributed by atoms with Crippen LogP contribution in [0.5, 0.6) is 0 Å². The lowest BCUT2D eigenvalue weighted by Gasteiger charge is -2.18. The Morgan fingerprint density at radius 1 is 1.47 bits per heavy atom. The van der Waals surface area contributed by atoms with E-state index in [-0.39, 0.29) is 6.04 Å². The normalized spacial score (nSPS) is 12.6. The lowest BCUT2D eigenvalue weighted by molar-refractivity contribution is 0.568. The Bertz CT molecular complexity index is 495. The summed E-state index contributed by atoms with van der Waals surface area (Å²) in [6, 6.07) is 8.39. The third-order valence-corrected chi connectivity index (χ3v) is 3.13. The first kappa shape index (κ1) is 12.3. The minimum atomic E-state index is 0.123. The second-order valence-corrected chi connectivity index (χ2v) is 4.74. The first-order chi connectivity index (χ1) is 8.22. The molecule has 0 saturated carbocycles. The molecular formula is C12H15BrN4. The lowest BCUT2D eigenvalue weighted by Crippen LogP contribution is -2.24. The van der Waals surface area contributed by atoms with Crippen molar-refractivity contribution in [3.8, 4) is 0 Å². The van der Waals surface area contributed by atoms with Crippen molar-refractivity contribution in [2.24, 2.45) is 7.05 Å². The monoisotopic (exact) mass is 294 g/mol. The van der Waals surface area contributed by atoms with Crippen molar-refractivity contribution in [2.75, 3.05) is 6.54 Å². The molecule has 0 aliphatic heterocycles. The predicted octanol–water partition coefficient (Wildman–Crippen LogP) is 2.28. The summed E-state index contributed by atoms with van der Waals surface area (Å²) in [5.74, 6) is 0. The molecule has 0 aliphatic rings. The summed E-state index contributed by atoms with van der Waals surface area (Å²) in [6.07, 6.45) is 1.80. The van der Waals surface area contributed by atoms with E-state index >= 15 is 0 Å². The predicted molar refractivity (Wildman–Crippen MR) is 70.7 cm³/mol. The highest BCUT2D eigenvalue weighted by atomic mass is 79.9. The van der Waals surface area contributed by atoms with E-state index in [1.54, 1.807) is 10.9 Å². The van der Waals surface area contributed by atoms with Gasteiger partial charge in [0.25, 0.3) is 0 Å². The van der Waals surface area contributed by atoms with E-state index in [4.69, 9.17) is 0 Å². The van der Waals surface area contributed by atoms with Crippen LogP contribution in [0.15, 0.2) is 34.9 Å². The summed E-state index contributed by atoms with van der Waals surface area (Å²) in [4.78, 5) is 0. The molecule has 90 valence electrons. The van der Waals surface area contributed by atoms with E-state index in [1.807, 2.05) is 19.2 Å². The van der Waals surface area contributed by atoms with Crippen LogP contribution in [0.2, 0.25) is 0 Å². The fourth-order valence-corrected chi connectivity index (χ4v) is 2.26. The summed E-state index contributed by atoms with van der Waals surface area (Å²) >= 11 is 3.50. The van der Waals surface area contributed by atoms with Crippen molar-refractivity contribution >= 4 is 15.9 Å². The molecule has 0 aliphatic carbocycles. The van der Waals surface area contributed by atoms with Crippen LogP contribution in [0.4, 0.5) is 0 Å². The standard InChI is InChI=1S/C12H15BrN4/c1-3-14-12(11-8-15-16-17(11)2)9-5-4-6-10(13)7-9/h4-8,12,14H,3H2,1-2H3. The van der Waals surface area contributed by atoms with E-state index < -0.39 is 0 Å². The molecule has 17 heavy (non-hydrogen) atoms. The molecule has 2 rings (SSSR count). The number of rotatable bonds is 4. The van der Waals surface area contributed by atoms with Gasteiger partial charge >= 0.3 is 0 Å². The van der Waals surface area contributed by atoms with E-state index in [2.05, 4.69) is 50.6 Å². The molecule has 0 saturated heterocycles. The zero-order valence-electron chi connectivity index (χ0n) is 9.89. The quantitative estimate of drug-likeness (QED) is 0.941. The van der Waals surface area contributed by atoms with Gasteiger partial charge in [-0.1, -0.05) is 40.2 Å². The minimum absolute atomic E-state index is 0.123. The SMILES string of the molecule is CCNC(c1cccc(Br)c1)c1cnnn1C. The van der Waals surface area contributed by atoms with Gasteiger partial charge in [-0.15, -0.1) is 5.10 Å². The Kier molecular flexibility index (Phi) is 3.91. The van der Waals surface area contributed by atoms with E-state index in [1.165, 1.54) is 5.56 Å². The first-order valence-electron chi connectivity index (χ1n) is 5.55. The van der Waals surface area contributed by atoms with Crippen molar-refractivity contribution in [2.45, 2.75) is 13.0 Å². The summed E-state index contributed by atoms with van der Waals surface area (Å²) in [5, 5.41) is 11.4. The van der Waals surface area contributed by atoms with Gasteiger partial charge in [-0.05, 0) is 24.2 Å². The number of aromatic nitrogens is 3. The van der Waals surface area contributed by atoms with Gasteiger partial charge in [0.2, 0.25) is 0 Å². The average molecular weight is 295 g/mol. The molecule has 1 unspecified atom stereocenters. The summed E-state index contributed by atoms with van der Waals surface area (Å²) in [5.41, 5.74) is 2.26. The molecule has 5 heteroatoms. The van der Waals surface area contributed by atoms with Crippen LogP contribution < -0.4 is 5.32 Å². The fraction of sp³-hybridized carbons (Fsp3) is 0.333. The maximum absolute atomic E-state index is 3.98. The number of hydrogen-bond donors (Lipinski definition) is 1. The van der Waals surface area contributed by atoms with Crippen LogP contribution in [0.25, 0.3) is 0 Å². The summed E-state index contributed by atoms with van der Waals surface area (Å²) in [7, 11) is 1.91. The molecule has 1 aromatic heterocycles. The molecule has 1 aromatic carbocycles. The van der Waals surface area contributed by atoms with Crippen molar-refractivity contribution < 1.29 is 0 Å². The largest absolute Gasteiger partial charge is 0.305 e. The van der Waals surface area contributed by atoms with Crippen molar-refractivity contribution in [1.29, 1.82) is 0 Å². The molecule has 2 aromatic rings. The van der Waals surface area contributed by atoms with Crippen LogP contribution in [-0.4, -0.2) is 21.5 Å². The first-order valence-corrected chi connectivity index (χ1v) is 6.35. The van der Waals surface area contributed by atoms with E-state index in [0.29, 0.717) is 0 Å². The van der Waals surface area contributed by atoms with Gasteiger partial charge in [-0.3, -0.25) is 4.68 Å². The number of nitrogens with one attached hydrogen (secondary N) is 1. The number of aryl methyl sites for hydroxylation is 1.